The Kier molecular flexibility index (Phi) is 3.68. The summed E-state index contributed by atoms with van der Waals surface area (Å²) in [5.41, 5.74) is 5.70. The Morgan fingerprint density at radius 3 is 2.56 bits per heavy atom. The summed E-state index contributed by atoms with van der Waals surface area (Å²) in [7, 11) is 0. The molecule has 0 amide bonds. The molecule has 1 aromatic heterocycles. The minimum absolute atomic E-state index is 0.527. The van der Waals surface area contributed by atoms with Gasteiger partial charge in [-0.1, -0.05) is 29.8 Å². The summed E-state index contributed by atoms with van der Waals surface area (Å²) in [5, 5.41) is 3.17. The Labute approximate surface area is 153 Å². The molecule has 4 heterocycles. The van der Waals surface area contributed by atoms with Gasteiger partial charge >= 0.3 is 0 Å². The lowest BCUT2D eigenvalue weighted by molar-refractivity contribution is 0.144. The Bertz CT molecular complexity index is 972. The number of hydrogen-bond donors (Lipinski definition) is 1. The quantitative estimate of drug-likeness (QED) is 0.590. The second-order valence-corrected chi connectivity index (χ2v) is 8.77. The van der Waals surface area contributed by atoms with Crippen LogP contribution in [0.15, 0.2) is 58.5 Å². The van der Waals surface area contributed by atoms with E-state index in [4.69, 9.17) is 0 Å². The largest absolute Gasteiger partial charge is 0.354 e. The molecule has 3 saturated heterocycles. The molecule has 3 heteroatoms. The van der Waals surface area contributed by atoms with Crippen molar-refractivity contribution in [3.05, 3.63) is 53.6 Å². The van der Waals surface area contributed by atoms with Gasteiger partial charge in [0.1, 0.15) is 0 Å². The van der Waals surface area contributed by atoms with Gasteiger partial charge in [0.15, 0.2) is 0 Å². The van der Waals surface area contributed by atoms with E-state index in [1.165, 1.54) is 58.2 Å². The molecule has 3 aliphatic rings. The van der Waals surface area contributed by atoms with Gasteiger partial charge in [0, 0.05) is 39.8 Å². The first-order chi connectivity index (χ1) is 12.2. The van der Waals surface area contributed by atoms with Crippen LogP contribution in [0.4, 0.5) is 0 Å². The van der Waals surface area contributed by atoms with E-state index in [0.29, 0.717) is 5.37 Å². The predicted molar refractivity (Wildman–Crippen MR) is 108 cm³/mol. The van der Waals surface area contributed by atoms with Gasteiger partial charge in [-0.3, -0.25) is 4.90 Å². The van der Waals surface area contributed by atoms with Gasteiger partial charge in [0.25, 0.3) is 0 Å². The highest BCUT2D eigenvalue weighted by molar-refractivity contribution is 8.00. The van der Waals surface area contributed by atoms with Crippen LogP contribution in [0.2, 0.25) is 0 Å². The molecule has 6 rings (SSSR count). The van der Waals surface area contributed by atoms with Gasteiger partial charge in [-0.05, 0) is 56.4 Å². The third kappa shape index (κ3) is 2.52. The number of piperidine rings is 3. The van der Waals surface area contributed by atoms with Crippen LogP contribution >= 0.6 is 11.8 Å². The Morgan fingerprint density at radius 1 is 1.00 bits per heavy atom. The fourth-order valence-electron chi connectivity index (χ4n) is 4.67. The average Bonchev–Trinajstić information content (AvgIpc) is 3.00. The molecule has 2 nitrogen and oxygen atoms in total. The van der Waals surface area contributed by atoms with Crippen molar-refractivity contribution in [2.24, 2.45) is 5.92 Å². The smallest absolute Gasteiger partial charge is 0.0825 e. The molecule has 2 bridgehead atoms. The molecule has 1 N–H and O–H groups in total. The fraction of sp³-hybridized carbons (Fsp3) is 0.364. The number of benzene rings is 2. The van der Waals surface area contributed by atoms with Gasteiger partial charge in [0.2, 0.25) is 0 Å². The van der Waals surface area contributed by atoms with Crippen molar-refractivity contribution in [3.8, 4) is 0 Å². The van der Waals surface area contributed by atoms with E-state index in [1.54, 1.807) is 5.57 Å². The van der Waals surface area contributed by atoms with E-state index < -0.39 is 0 Å². The first-order valence-electron chi connectivity index (χ1n) is 9.29. The van der Waals surface area contributed by atoms with Crippen molar-refractivity contribution < 1.29 is 0 Å². The first-order valence-corrected chi connectivity index (χ1v) is 10.2. The van der Waals surface area contributed by atoms with E-state index in [-0.39, 0.29) is 0 Å². The van der Waals surface area contributed by atoms with Crippen molar-refractivity contribution in [1.82, 2.24) is 9.88 Å². The monoisotopic (exact) mass is 348 g/mol. The average molecular weight is 349 g/mol. The molecule has 0 saturated carbocycles. The van der Waals surface area contributed by atoms with Crippen LogP contribution in [0.25, 0.3) is 21.8 Å². The predicted octanol–water partition coefficient (Wildman–Crippen LogP) is 5.80. The van der Waals surface area contributed by atoms with Gasteiger partial charge < -0.3 is 4.98 Å². The number of H-pyrrole nitrogens is 1. The number of thioether (sulfide) groups is 1. The molecule has 1 atom stereocenters. The molecule has 128 valence electrons. The second kappa shape index (κ2) is 5.93. The van der Waals surface area contributed by atoms with Gasteiger partial charge in [-0.25, -0.2) is 0 Å². The van der Waals surface area contributed by atoms with Crippen molar-refractivity contribution >= 4 is 33.6 Å². The summed E-state index contributed by atoms with van der Waals surface area (Å²) in [6, 6.07) is 15.5. The Morgan fingerprint density at radius 2 is 1.76 bits per heavy atom. The summed E-state index contributed by atoms with van der Waals surface area (Å²) >= 11 is 2.04. The van der Waals surface area contributed by atoms with Crippen LogP contribution in [0.1, 0.15) is 26.7 Å². The van der Waals surface area contributed by atoms with E-state index in [0.717, 1.165) is 5.92 Å². The normalized spacial score (nSPS) is 25.8. The highest BCUT2D eigenvalue weighted by atomic mass is 32.2. The van der Waals surface area contributed by atoms with Crippen LogP contribution < -0.4 is 0 Å². The number of allylic oxidation sites excluding steroid dienone is 1. The summed E-state index contributed by atoms with van der Waals surface area (Å²) in [5.74, 6) is 0.810. The summed E-state index contributed by atoms with van der Waals surface area (Å²) in [6.07, 6.45) is 2.69. The summed E-state index contributed by atoms with van der Waals surface area (Å²) in [6.45, 7) is 7.11. The molecule has 2 aromatic carbocycles. The minimum Gasteiger partial charge on any atom is -0.354 e. The maximum Gasteiger partial charge on any atom is 0.0825 e. The molecule has 3 aliphatic heterocycles. The minimum atomic E-state index is 0.527. The third-order valence-electron chi connectivity index (χ3n) is 5.87. The SMILES string of the molecule is CC(C)=C1C2CCN(CC2)C1Sc1ccc2c(c1)[nH]c1ccccc12. The second-order valence-electron chi connectivity index (χ2n) is 7.61. The third-order valence-corrected chi connectivity index (χ3v) is 7.17. The maximum absolute atomic E-state index is 3.58. The van der Waals surface area contributed by atoms with E-state index in [9.17, 15) is 0 Å². The Hall–Kier alpha value is -1.71. The highest BCUT2D eigenvalue weighted by Gasteiger charge is 2.38. The van der Waals surface area contributed by atoms with Gasteiger partial charge in [-0.2, -0.15) is 0 Å². The standard InChI is InChI=1S/C22H24N2S/c1-14(2)21-15-9-11-24(12-10-15)22(21)25-16-7-8-18-17-5-3-4-6-19(17)23-20(18)13-16/h3-8,13,15,22-23H,9-12H2,1-2H3. The highest BCUT2D eigenvalue weighted by Crippen LogP contribution is 2.45. The number of aromatic nitrogens is 1. The summed E-state index contributed by atoms with van der Waals surface area (Å²) in [4.78, 5) is 7.64. The lowest BCUT2D eigenvalue weighted by Crippen LogP contribution is -2.49. The number of para-hydroxylation sites is 1. The lowest BCUT2D eigenvalue weighted by atomic mass is 9.81. The first kappa shape index (κ1) is 15.5. The lowest BCUT2D eigenvalue weighted by Gasteiger charge is -2.47. The van der Waals surface area contributed by atoms with Crippen LogP contribution in [0.5, 0.6) is 0 Å². The van der Waals surface area contributed by atoms with Crippen LogP contribution in [-0.4, -0.2) is 28.3 Å². The molecular formula is C22H24N2S. The number of rotatable bonds is 2. The molecule has 25 heavy (non-hydrogen) atoms. The van der Waals surface area contributed by atoms with Gasteiger partial charge in [0.05, 0.1) is 5.37 Å². The number of hydrogen-bond acceptors (Lipinski definition) is 2. The zero-order valence-electron chi connectivity index (χ0n) is 14.9. The fourth-order valence-corrected chi connectivity index (χ4v) is 6.18. The molecule has 0 spiro atoms. The van der Waals surface area contributed by atoms with Crippen molar-refractivity contribution in [2.75, 3.05) is 13.1 Å². The van der Waals surface area contributed by atoms with Crippen LogP contribution in [0, 0.1) is 5.92 Å². The Balaban J connectivity index is 1.53. The van der Waals surface area contributed by atoms with Crippen LogP contribution in [-0.2, 0) is 0 Å². The van der Waals surface area contributed by atoms with Gasteiger partial charge in [-0.15, -0.1) is 11.8 Å². The molecule has 0 radical (unpaired) electrons. The van der Waals surface area contributed by atoms with E-state index in [2.05, 4.69) is 66.2 Å². The zero-order chi connectivity index (χ0) is 17.0. The molecule has 1 unspecified atom stereocenters. The van der Waals surface area contributed by atoms with Crippen molar-refractivity contribution in [2.45, 2.75) is 37.0 Å². The molecular weight excluding hydrogens is 324 g/mol. The number of aromatic amines is 1. The molecule has 3 fully saturated rings. The van der Waals surface area contributed by atoms with E-state index in [1.807, 2.05) is 11.8 Å². The van der Waals surface area contributed by atoms with Crippen molar-refractivity contribution in [1.29, 1.82) is 0 Å². The number of nitrogens with zero attached hydrogens (tertiary/aromatic N) is 1. The summed E-state index contributed by atoms with van der Waals surface area (Å²) < 4.78 is 0. The van der Waals surface area contributed by atoms with Crippen molar-refractivity contribution in [3.63, 3.8) is 0 Å². The zero-order valence-corrected chi connectivity index (χ0v) is 15.7. The maximum atomic E-state index is 3.58. The van der Waals surface area contributed by atoms with E-state index >= 15 is 0 Å². The molecule has 3 aromatic rings. The molecule has 0 aliphatic carbocycles. The number of nitrogens with one attached hydrogen (secondary N) is 1. The topological polar surface area (TPSA) is 19.0 Å². The number of fused-ring (bicyclic) bond motifs is 6. The van der Waals surface area contributed by atoms with Crippen LogP contribution in [0.3, 0.4) is 0 Å².